The van der Waals surface area contributed by atoms with E-state index in [1.54, 1.807) is 12.1 Å². The van der Waals surface area contributed by atoms with E-state index in [0.29, 0.717) is 17.9 Å². The number of nitrogens with one attached hydrogen (secondary N) is 1. The zero-order chi connectivity index (χ0) is 14.3. The van der Waals surface area contributed by atoms with Crippen LogP contribution in [0.2, 0.25) is 0 Å². The maximum atomic E-state index is 12.0. The van der Waals surface area contributed by atoms with Crippen molar-refractivity contribution >= 4 is 5.91 Å². The smallest absolute Gasteiger partial charge is 0.265 e. The number of hydrogen-bond donors (Lipinski definition) is 2. The molecule has 0 aliphatic rings. The molecule has 0 heterocycles. The Kier molecular flexibility index (Phi) is 6.21. The maximum absolute atomic E-state index is 12.0. The summed E-state index contributed by atoms with van der Waals surface area (Å²) in [6, 6.07) is 6.34. The van der Waals surface area contributed by atoms with Crippen LogP contribution >= 0.6 is 0 Å². The number of rotatable bonds is 7. The molecule has 106 valence electrons. The molecular weight excluding hydrogens is 256 g/mol. The largest absolute Gasteiger partial charge is 0.494 e. The number of carbonyl (C=O) groups excluding carboxylic acids is 1. The summed E-state index contributed by atoms with van der Waals surface area (Å²) in [5.74, 6) is 0.132. The molecule has 2 N–H and O–H groups in total. The molecule has 0 saturated carbocycles. The normalized spacial score (nSPS) is 12.3. The van der Waals surface area contributed by atoms with Crippen LogP contribution in [-0.4, -0.2) is 36.7 Å². The van der Waals surface area contributed by atoms with E-state index < -0.39 is 25.0 Å². The third kappa shape index (κ3) is 5.21. The highest BCUT2D eigenvalue weighted by Crippen LogP contribution is 2.12. The van der Waals surface area contributed by atoms with Crippen LogP contribution in [0.25, 0.3) is 0 Å². The third-order valence-corrected chi connectivity index (χ3v) is 2.35. The number of alkyl halides is 2. The van der Waals surface area contributed by atoms with Crippen molar-refractivity contribution in [1.29, 1.82) is 0 Å². The first-order valence-electron chi connectivity index (χ1n) is 6.02. The summed E-state index contributed by atoms with van der Waals surface area (Å²) in [5, 5.41) is 11.1. The second kappa shape index (κ2) is 7.68. The average molecular weight is 273 g/mol. The number of hydrogen-bond acceptors (Lipinski definition) is 3. The topological polar surface area (TPSA) is 58.6 Å². The molecule has 0 fully saturated rings. The molecule has 4 nitrogen and oxygen atoms in total. The van der Waals surface area contributed by atoms with E-state index in [4.69, 9.17) is 9.84 Å². The van der Waals surface area contributed by atoms with Crippen molar-refractivity contribution in [3.63, 3.8) is 0 Å². The summed E-state index contributed by atoms with van der Waals surface area (Å²) in [7, 11) is 0. The lowest BCUT2D eigenvalue weighted by molar-refractivity contribution is -0.00270. The zero-order valence-corrected chi connectivity index (χ0v) is 10.6. The first-order chi connectivity index (χ1) is 9.04. The molecule has 0 saturated heterocycles. The van der Waals surface area contributed by atoms with Crippen LogP contribution < -0.4 is 10.1 Å². The second-order valence-electron chi connectivity index (χ2n) is 3.98. The quantitative estimate of drug-likeness (QED) is 0.797. The number of aliphatic hydroxyl groups is 1. The highest BCUT2D eigenvalue weighted by Gasteiger charge is 2.17. The van der Waals surface area contributed by atoms with Gasteiger partial charge in [0.15, 0.2) is 0 Å². The SMILES string of the molecule is CCCOc1ccc(C(=O)NCC(O)C(F)F)cc1. The van der Waals surface area contributed by atoms with Gasteiger partial charge in [0.1, 0.15) is 11.9 Å². The minimum Gasteiger partial charge on any atom is -0.494 e. The van der Waals surface area contributed by atoms with Gasteiger partial charge in [-0.05, 0) is 30.7 Å². The molecule has 6 heteroatoms. The standard InChI is InChI=1S/C13H17F2NO3/c1-2-7-19-10-5-3-9(4-6-10)13(18)16-8-11(17)12(14)15/h3-6,11-12,17H,2,7-8H2,1H3,(H,16,18). The van der Waals surface area contributed by atoms with Crippen LogP contribution in [0.3, 0.4) is 0 Å². The summed E-state index contributed by atoms with van der Waals surface area (Å²) in [5.41, 5.74) is 0.324. The number of carbonyl (C=O) groups is 1. The van der Waals surface area contributed by atoms with Gasteiger partial charge >= 0.3 is 0 Å². The Bertz CT molecular complexity index is 395. The lowest BCUT2D eigenvalue weighted by Crippen LogP contribution is -2.35. The van der Waals surface area contributed by atoms with Gasteiger partial charge in [0, 0.05) is 12.1 Å². The van der Waals surface area contributed by atoms with Gasteiger partial charge in [0.2, 0.25) is 0 Å². The lowest BCUT2D eigenvalue weighted by Gasteiger charge is -2.11. The van der Waals surface area contributed by atoms with E-state index in [9.17, 15) is 13.6 Å². The lowest BCUT2D eigenvalue weighted by atomic mass is 10.2. The highest BCUT2D eigenvalue weighted by atomic mass is 19.3. The molecule has 1 amide bonds. The molecular formula is C13H17F2NO3. The second-order valence-corrected chi connectivity index (χ2v) is 3.98. The van der Waals surface area contributed by atoms with Crippen molar-refractivity contribution in [1.82, 2.24) is 5.32 Å². The van der Waals surface area contributed by atoms with Crippen molar-refractivity contribution in [2.75, 3.05) is 13.2 Å². The average Bonchev–Trinajstić information content (AvgIpc) is 2.42. The van der Waals surface area contributed by atoms with E-state index in [1.807, 2.05) is 6.92 Å². The van der Waals surface area contributed by atoms with Gasteiger partial charge in [-0.1, -0.05) is 6.92 Å². The molecule has 1 aromatic rings. The molecule has 0 radical (unpaired) electrons. The number of halogens is 2. The molecule has 1 rings (SSSR count). The van der Waals surface area contributed by atoms with Crippen LogP contribution in [0.4, 0.5) is 8.78 Å². The molecule has 1 unspecified atom stereocenters. The molecule has 1 aromatic carbocycles. The van der Waals surface area contributed by atoms with Gasteiger partial charge in [-0.2, -0.15) is 0 Å². The summed E-state index contributed by atoms with van der Waals surface area (Å²) in [6.07, 6.45) is -3.84. The molecule has 1 atom stereocenters. The summed E-state index contributed by atoms with van der Waals surface area (Å²) >= 11 is 0. The van der Waals surface area contributed by atoms with Crippen molar-refractivity contribution in [3.05, 3.63) is 29.8 Å². The van der Waals surface area contributed by atoms with Gasteiger partial charge in [-0.15, -0.1) is 0 Å². The van der Waals surface area contributed by atoms with Gasteiger partial charge in [0.25, 0.3) is 12.3 Å². The minimum absolute atomic E-state index is 0.324. The molecule has 0 aliphatic heterocycles. The van der Waals surface area contributed by atoms with E-state index in [0.717, 1.165) is 6.42 Å². The molecule has 19 heavy (non-hydrogen) atoms. The number of amides is 1. The van der Waals surface area contributed by atoms with Crippen LogP contribution in [-0.2, 0) is 0 Å². The number of aliphatic hydroxyl groups excluding tert-OH is 1. The predicted molar refractivity (Wildman–Crippen MR) is 66.6 cm³/mol. The molecule has 0 bridgehead atoms. The number of ether oxygens (including phenoxy) is 1. The number of benzene rings is 1. The minimum atomic E-state index is -2.87. The van der Waals surface area contributed by atoms with Crippen molar-refractivity contribution in [3.8, 4) is 5.75 Å². The molecule has 0 spiro atoms. The maximum Gasteiger partial charge on any atom is 0.265 e. The summed E-state index contributed by atoms with van der Waals surface area (Å²) < 4.78 is 29.4. The van der Waals surface area contributed by atoms with Crippen LogP contribution in [0.5, 0.6) is 5.75 Å². The Morgan fingerprint density at radius 1 is 1.37 bits per heavy atom. The van der Waals surface area contributed by atoms with Crippen LogP contribution in [0.1, 0.15) is 23.7 Å². The van der Waals surface area contributed by atoms with E-state index >= 15 is 0 Å². The summed E-state index contributed by atoms with van der Waals surface area (Å²) in [4.78, 5) is 11.6. The first kappa shape index (κ1) is 15.4. The Morgan fingerprint density at radius 2 is 2.00 bits per heavy atom. The fourth-order valence-electron chi connectivity index (χ4n) is 1.31. The predicted octanol–water partition coefficient (Wildman–Crippen LogP) is 1.83. The monoisotopic (exact) mass is 273 g/mol. The first-order valence-corrected chi connectivity index (χ1v) is 6.02. The van der Waals surface area contributed by atoms with E-state index in [-0.39, 0.29) is 0 Å². The third-order valence-electron chi connectivity index (χ3n) is 2.35. The van der Waals surface area contributed by atoms with Crippen molar-refractivity contribution in [2.45, 2.75) is 25.9 Å². The van der Waals surface area contributed by atoms with E-state index in [2.05, 4.69) is 5.32 Å². The van der Waals surface area contributed by atoms with Gasteiger partial charge < -0.3 is 15.2 Å². The summed E-state index contributed by atoms with van der Waals surface area (Å²) in [6.45, 7) is 2.09. The van der Waals surface area contributed by atoms with Crippen molar-refractivity contribution < 1.29 is 23.4 Å². The van der Waals surface area contributed by atoms with Gasteiger partial charge in [-0.3, -0.25) is 4.79 Å². The Labute approximate surface area is 110 Å². The van der Waals surface area contributed by atoms with Gasteiger partial charge in [-0.25, -0.2) is 8.78 Å². The fraction of sp³-hybridized carbons (Fsp3) is 0.462. The Morgan fingerprint density at radius 3 is 2.53 bits per heavy atom. The highest BCUT2D eigenvalue weighted by molar-refractivity contribution is 5.94. The van der Waals surface area contributed by atoms with Gasteiger partial charge in [0.05, 0.1) is 6.61 Å². The van der Waals surface area contributed by atoms with Crippen LogP contribution in [0, 0.1) is 0 Å². The fourth-order valence-corrected chi connectivity index (χ4v) is 1.31. The van der Waals surface area contributed by atoms with E-state index in [1.165, 1.54) is 12.1 Å². The van der Waals surface area contributed by atoms with Crippen LogP contribution in [0.15, 0.2) is 24.3 Å². The zero-order valence-electron chi connectivity index (χ0n) is 10.6. The Hall–Kier alpha value is -1.69. The van der Waals surface area contributed by atoms with Crippen molar-refractivity contribution in [2.24, 2.45) is 0 Å². The molecule has 0 aliphatic carbocycles. The molecule has 0 aromatic heterocycles. The Balaban J connectivity index is 2.48.